The van der Waals surface area contributed by atoms with Crippen molar-refractivity contribution in [2.45, 2.75) is 6.92 Å². The van der Waals surface area contributed by atoms with Crippen LogP contribution in [-0.4, -0.2) is 13.2 Å². The van der Waals surface area contributed by atoms with Crippen LogP contribution in [0.15, 0.2) is 33.5 Å². The molecule has 88 valence electrons. The minimum absolute atomic E-state index is 0.412. The Balaban J connectivity index is 2.50. The van der Waals surface area contributed by atoms with E-state index in [1.807, 2.05) is 6.92 Å². The van der Waals surface area contributed by atoms with Crippen molar-refractivity contribution in [3.8, 4) is 0 Å². The van der Waals surface area contributed by atoms with Gasteiger partial charge in [0, 0.05) is 23.2 Å². The zero-order valence-electron chi connectivity index (χ0n) is 9.44. The van der Waals surface area contributed by atoms with Crippen molar-refractivity contribution >= 4 is 22.7 Å². The molecule has 0 atom stereocenters. The van der Waals surface area contributed by atoms with Gasteiger partial charge in [-0.2, -0.15) is 0 Å². The van der Waals surface area contributed by atoms with Crippen LogP contribution < -0.4 is 10.9 Å². The summed E-state index contributed by atoms with van der Waals surface area (Å²) in [5.74, 6) is 0. The highest BCUT2D eigenvalue weighted by molar-refractivity contribution is 5.89. The molecule has 0 unspecified atom stereocenters. The summed E-state index contributed by atoms with van der Waals surface area (Å²) in [5, 5.41) is 3.33. The Bertz CT molecular complexity index is 630. The summed E-state index contributed by atoms with van der Waals surface area (Å²) >= 11 is 0. The number of ether oxygens (including phenoxy) is 1. The summed E-state index contributed by atoms with van der Waals surface area (Å²) in [6.07, 6.45) is -0.570. The molecule has 0 aliphatic rings. The molecule has 0 spiro atoms. The van der Waals surface area contributed by atoms with E-state index in [0.717, 1.165) is 10.9 Å². The molecule has 0 saturated heterocycles. The van der Waals surface area contributed by atoms with E-state index in [4.69, 9.17) is 4.42 Å². The molecule has 5 nitrogen and oxygen atoms in total. The summed E-state index contributed by atoms with van der Waals surface area (Å²) in [5.41, 5.74) is 1.37. The number of carbonyl (C=O) groups is 1. The molecule has 2 rings (SSSR count). The number of benzene rings is 1. The monoisotopic (exact) mass is 233 g/mol. The fourth-order valence-corrected chi connectivity index (χ4v) is 1.57. The highest BCUT2D eigenvalue weighted by atomic mass is 16.5. The lowest BCUT2D eigenvalue weighted by Gasteiger charge is -2.05. The summed E-state index contributed by atoms with van der Waals surface area (Å²) in [4.78, 5) is 22.2. The molecule has 0 saturated carbocycles. The summed E-state index contributed by atoms with van der Waals surface area (Å²) < 4.78 is 9.52. The standard InChI is InChI=1S/C12H11NO4/c1-7-5-11(14)17-10-6-8(3-4-9(7)10)13-12(15)16-2/h3-6H,1-2H3,(H,13,15). The van der Waals surface area contributed by atoms with E-state index < -0.39 is 11.7 Å². The summed E-state index contributed by atoms with van der Waals surface area (Å²) in [7, 11) is 1.28. The Morgan fingerprint density at radius 1 is 1.35 bits per heavy atom. The van der Waals surface area contributed by atoms with E-state index in [2.05, 4.69) is 10.1 Å². The fourth-order valence-electron chi connectivity index (χ4n) is 1.57. The number of nitrogens with one attached hydrogen (secondary N) is 1. The lowest BCUT2D eigenvalue weighted by molar-refractivity contribution is 0.187. The molecule has 5 heteroatoms. The van der Waals surface area contributed by atoms with Gasteiger partial charge >= 0.3 is 11.7 Å². The molecule has 1 heterocycles. The number of fused-ring (bicyclic) bond motifs is 1. The molecule has 0 fully saturated rings. The average Bonchev–Trinajstić information content (AvgIpc) is 2.28. The van der Waals surface area contributed by atoms with E-state index in [-0.39, 0.29) is 0 Å². The molecule has 0 bridgehead atoms. The van der Waals surface area contributed by atoms with E-state index >= 15 is 0 Å². The topological polar surface area (TPSA) is 68.5 Å². The molecular formula is C12H11NO4. The maximum Gasteiger partial charge on any atom is 0.411 e. The lowest BCUT2D eigenvalue weighted by Crippen LogP contribution is -2.10. The van der Waals surface area contributed by atoms with Gasteiger partial charge in [0.1, 0.15) is 5.58 Å². The second-order valence-electron chi connectivity index (χ2n) is 3.58. The van der Waals surface area contributed by atoms with Crippen LogP contribution in [0.1, 0.15) is 5.56 Å². The van der Waals surface area contributed by atoms with Crippen molar-refractivity contribution in [2.24, 2.45) is 0 Å². The molecular weight excluding hydrogens is 222 g/mol. The van der Waals surface area contributed by atoms with Crippen LogP contribution >= 0.6 is 0 Å². The van der Waals surface area contributed by atoms with Gasteiger partial charge in [0.2, 0.25) is 0 Å². The average molecular weight is 233 g/mol. The van der Waals surface area contributed by atoms with Crippen LogP contribution in [0, 0.1) is 6.92 Å². The zero-order chi connectivity index (χ0) is 12.4. The first kappa shape index (κ1) is 11.2. The maximum absolute atomic E-state index is 11.2. The van der Waals surface area contributed by atoms with Gasteiger partial charge in [0.25, 0.3) is 0 Å². The third-order valence-electron chi connectivity index (χ3n) is 2.38. The second kappa shape index (κ2) is 4.29. The van der Waals surface area contributed by atoms with Gasteiger partial charge in [-0.3, -0.25) is 5.32 Å². The molecule has 0 radical (unpaired) electrons. The van der Waals surface area contributed by atoms with Gasteiger partial charge in [-0.15, -0.1) is 0 Å². The molecule has 17 heavy (non-hydrogen) atoms. The normalized spacial score (nSPS) is 10.2. The van der Waals surface area contributed by atoms with E-state index in [9.17, 15) is 9.59 Å². The number of methoxy groups -OCH3 is 1. The number of amides is 1. The first-order valence-corrected chi connectivity index (χ1v) is 4.99. The van der Waals surface area contributed by atoms with Crippen molar-refractivity contribution < 1.29 is 13.9 Å². The largest absolute Gasteiger partial charge is 0.453 e. The maximum atomic E-state index is 11.2. The molecule has 1 amide bonds. The molecule has 1 aromatic heterocycles. The first-order valence-electron chi connectivity index (χ1n) is 4.99. The second-order valence-corrected chi connectivity index (χ2v) is 3.58. The lowest BCUT2D eigenvalue weighted by atomic mass is 10.1. The highest BCUT2D eigenvalue weighted by Crippen LogP contribution is 2.20. The van der Waals surface area contributed by atoms with Crippen molar-refractivity contribution in [2.75, 3.05) is 12.4 Å². The van der Waals surface area contributed by atoms with Crippen molar-refractivity contribution in [3.63, 3.8) is 0 Å². The van der Waals surface area contributed by atoms with Gasteiger partial charge in [0.15, 0.2) is 0 Å². The van der Waals surface area contributed by atoms with Gasteiger partial charge in [-0.25, -0.2) is 9.59 Å². The summed E-state index contributed by atoms with van der Waals surface area (Å²) in [6, 6.07) is 6.50. The Morgan fingerprint density at radius 2 is 2.12 bits per heavy atom. The van der Waals surface area contributed by atoms with Gasteiger partial charge in [0.05, 0.1) is 7.11 Å². The van der Waals surface area contributed by atoms with Crippen LogP contribution in [0.5, 0.6) is 0 Å². The smallest absolute Gasteiger partial charge is 0.411 e. The molecule has 0 aliphatic heterocycles. The Morgan fingerprint density at radius 3 is 2.82 bits per heavy atom. The van der Waals surface area contributed by atoms with Crippen LogP contribution in [0.3, 0.4) is 0 Å². The summed E-state index contributed by atoms with van der Waals surface area (Å²) in [6.45, 7) is 1.83. The number of rotatable bonds is 1. The van der Waals surface area contributed by atoms with Crippen LogP contribution in [0.4, 0.5) is 10.5 Å². The minimum Gasteiger partial charge on any atom is -0.453 e. The third kappa shape index (κ3) is 2.28. The minimum atomic E-state index is -0.570. The van der Waals surface area contributed by atoms with Crippen LogP contribution in [-0.2, 0) is 4.74 Å². The van der Waals surface area contributed by atoms with Crippen molar-refractivity contribution in [1.29, 1.82) is 0 Å². The quantitative estimate of drug-likeness (QED) is 0.767. The number of aryl methyl sites for hydroxylation is 1. The van der Waals surface area contributed by atoms with Crippen LogP contribution in [0.2, 0.25) is 0 Å². The third-order valence-corrected chi connectivity index (χ3v) is 2.38. The van der Waals surface area contributed by atoms with Gasteiger partial charge in [-0.1, -0.05) is 0 Å². The molecule has 1 N–H and O–H groups in total. The van der Waals surface area contributed by atoms with E-state index in [1.165, 1.54) is 13.2 Å². The number of carbonyl (C=O) groups excluding carboxylic acids is 1. The van der Waals surface area contributed by atoms with E-state index in [1.54, 1.807) is 18.2 Å². The molecule has 1 aromatic carbocycles. The van der Waals surface area contributed by atoms with Gasteiger partial charge < -0.3 is 9.15 Å². The molecule has 0 aliphatic carbocycles. The van der Waals surface area contributed by atoms with E-state index in [0.29, 0.717) is 11.3 Å². The van der Waals surface area contributed by atoms with Crippen molar-refractivity contribution in [1.82, 2.24) is 0 Å². The SMILES string of the molecule is COC(=O)Nc1ccc2c(C)cc(=O)oc2c1. The predicted octanol–water partition coefficient (Wildman–Crippen LogP) is 2.28. The number of hydrogen-bond donors (Lipinski definition) is 1. The number of hydrogen-bond acceptors (Lipinski definition) is 4. The molecule has 2 aromatic rings. The predicted molar refractivity (Wildman–Crippen MR) is 63.2 cm³/mol. The number of anilines is 1. The van der Waals surface area contributed by atoms with Crippen molar-refractivity contribution in [3.05, 3.63) is 40.2 Å². The zero-order valence-corrected chi connectivity index (χ0v) is 9.44. The Labute approximate surface area is 97.0 Å². The highest BCUT2D eigenvalue weighted by Gasteiger charge is 2.05. The van der Waals surface area contributed by atoms with Gasteiger partial charge in [-0.05, 0) is 24.6 Å². The van der Waals surface area contributed by atoms with Crippen LogP contribution in [0.25, 0.3) is 11.0 Å². The fraction of sp³-hybridized carbons (Fsp3) is 0.167. The Kier molecular flexibility index (Phi) is 2.82. The Hall–Kier alpha value is -2.30. The first-order chi connectivity index (χ1) is 8.10.